The van der Waals surface area contributed by atoms with Crippen LogP contribution in [-0.2, 0) is 9.53 Å². The van der Waals surface area contributed by atoms with Gasteiger partial charge in [0.15, 0.2) is 0 Å². The summed E-state index contributed by atoms with van der Waals surface area (Å²) in [5, 5.41) is 6.24. The summed E-state index contributed by atoms with van der Waals surface area (Å²) in [6, 6.07) is 8.18. The quantitative estimate of drug-likeness (QED) is 0.768. The summed E-state index contributed by atoms with van der Waals surface area (Å²) in [5.41, 5.74) is 2.17. The van der Waals surface area contributed by atoms with Gasteiger partial charge in [0.2, 0.25) is 5.91 Å². The Hall–Kier alpha value is -1.55. The number of benzene rings is 1. The van der Waals surface area contributed by atoms with Crippen LogP contribution >= 0.6 is 0 Å². The van der Waals surface area contributed by atoms with Gasteiger partial charge in [-0.05, 0) is 11.6 Å². The number of fused-ring (bicyclic) bond motifs is 1. The van der Waals surface area contributed by atoms with E-state index in [0.29, 0.717) is 19.8 Å². The van der Waals surface area contributed by atoms with E-state index < -0.39 is 0 Å². The minimum atomic E-state index is -0.0585. The summed E-state index contributed by atoms with van der Waals surface area (Å²) >= 11 is 0. The van der Waals surface area contributed by atoms with E-state index in [0.717, 1.165) is 11.3 Å². The molecule has 0 bridgehead atoms. The van der Waals surface area contributed by atoms with Crippen LogP contribution in [0.4, 0.5) is 5.69 Å². The number of rotatable bonds is 2. The van der Waals surface area contributed by atoms with Crippen LogP contribution < -0.4 is 10.6 Å². The second-order valence-corrected chi connectivity index (χ2v) is 4.26. The Bertz CT molecular complexity index is 415. The smallest absolute Gasteiger partial charge is 0.229 e. The molecule has 2 heterocycles. The van der Waals surface area contributed by atoms with Gasteiger partial charge in [0.1, 0.15) is 0 Å². The molecular formula is C12H14N2O2. The predicted octanol–water partition coefficient (Wildman–Crippen LogP) is 0.711. The van der Waals surface area contributed by atoms with Crippen LogP contribution in [-0.4, -0.2) is 31.7 Å². The van der Waals surface area contributed by atoms with Crippen molar-refractivity contribution >= 4 is 11.6 Å². The van der Waals surface area contributed by atoms with Crippen LogP contribution in [0.15, 0.2) is 24.3 Å². The lowest BCUT2D eigenvalue weighted by Gasteiger charge is -2.28. The Morgan fingerprint density at radius 1 is 1.38 bits per heavy atom. The maximum atomic E-state index is 12.0. The molecule has 2 aliphatic rings. The van der Waals surface area contributed by atoms with E-state index in [1.165, 1.54) is 0 Å². The van der Waals surface area contributed by atoms with Crippen LogP contribution in [0.5, 0.6) is 0 Å². The van der Waals surface area contributed by atoms with Crippen molar-refractivity contribution in [1.82, 2.24) is 5.32 Å². The number of ether oxygens (including phenoxy) is 1. The molecule has 0 spiro atoms. The zero-order chi connectivity index (χ0) is 11.0. The van der Waals surface area contributed by atoms with Gasteiger partial charge in [0.05, 0.1) is 25.2 Å². The molecule has 84 valence electrons. The molecule has 0 aliphatic carbocycles. The largest absolute Gasteiger partial charge is 0.384 e. The van der Waals surface area contributed by atoms with Gasteiger partial charge in [0.25, 0.3) is 0 Å². The van der Waals surface area contributed by atoms with E-state index in [9.17, 15) is 4.79 Å². The van der Waals surface area contributed by atoms with Crippen molar-refractivity contribution in [2.75, 3.05) is 25.1 Å². The molecule has 4 heteroatoms. The molecule has 1 fully saturated rings. The molecule has 1 aromatic carbocycles. The lowest BCUT2D eigenvalue weighted by molar-refractivity contribution is -0.126. The molecule has 0 radical (unpaired) electrons. The fraction of sp³-hybridized carbons (Fsp3) is 0.417. The minimum Gasteiger partial charge on any atom is -0.384 e. The number of hydrogen-bond acceptors (Lipinski definition) is 3. The lowest BCUT2D eigenvalue weighted by Crippen LogP contribution is -2.50. The van der Waals surface area contributed by atoms with E-state index >= 15 is 0 Å². The number of nitrogens with one attached hydrogen (secondary N) is 2. The van der Waals surface area contributed by atoms with E-state index in [1.807, 2.05) is 24.3 Å². The third kappa shape index (κ3) is 1.55. The summed E-state index contributed by atoms with van der Waals surface area (Å²) in [4.78, 5) is 12.0. The van der Waals surface area contributed by atoms with Crippen molar-refractivity contribution in [3.8, 4) is 0 Å². The molecular weight excluding hydrogens is 204 g/mol. The maximum absolute atomic E-state index is 12.0. The molecule has 0 aromatic heterocycles. The van der Waals surface area contributed by atoms with Crippen molar-refractivity contribution in [3.63, 3.8) is 0 Å². The van der Waals surface area contributed by atoms with Gasteiger partial charge in [0, 0.05) is 12.2 Å². The van der Waals surface area contributed by atoms with Crippen molar-refractivity contribution in [2.45, 2.75) is 12.0 Å². The highest BCUT2D eigenvalue weighted by atomic mass is 16.5. The van der Waals surface area contributed by atoms with Gasteiger partial charge in [-0.2, -0.15) is 0 Å². The Morgan fingerprint density at radius 3 is 2.94 bits per heavy atom. The molecule has 1 amide bonds. The van der Waals surface area contributed by atoms with Crippen LogP contribution in [0, 0.1) is 0 Å². The van der Waals surface area contributed by atoms with E-state index in [2.05, 4.69) is 10.6 Å². The van der Waals surface area contributed by atoms with Crippen molar-refractivity contribution in [2.24, 2.45) is 0 Å². The number of anilines is 1. The predicted molar refractivity (Wildman–Crippen MR) is 60.4 cm³/mol. The summed E-state index contributed by atoms with van der Waals surface area (Å²) in [6.45, 7) is 1.99. The van der Waals surface area contributed by atoms with E-state index in [4.69, 9.17) is 4.74 Å². The minimum absolute atomic E-state index is 0.0585. The lowest BCUT2D eigenvalue weighted by atomic mass is 10.00. The average molecular weight is 218 g/mol. The zero-order valence-corrected chi connectivity index (χ0v) is 8.90. The summed E-state index contributed by atoms with van der Waals surface area (Å²) < 4.78 is 5.04. The Labute approximate surface area is 94.0 Å². The molecule has 4 nitrogen and oxygen atoms in total. The Kier molecular flexibility index (Phi) is 2.29. The first kappa shape index (κ1) is 9.66. The first-order valence-electron chi connectivity index (χ1n) is 5.55. The molecule has 16 heavy (non-hydrogen) atoms. The van der Waals surface area contributed by atoms with E-state index in [-0.39, 0.29) is 17.9 Å². The molecule has 1 unspecified atom stereocenters. The highest BCUT2D eigenvalue weighted by Gasteiger charge is 2.30. The third-order valence-electron chi connectivity index (χ3n) is 3.13. The second-order valence-electron chi connectivity index (χ2n) is 4.26. The number of hydrogen-bond donors (Lipinski definition) is 2. The zero-order valence-electron chi connectivity index (χ0n) is 8.90. The number of amides is 1. The topological polar surface area (TPSA) is 50.4 Å². The maximum Gasteiger partial charge on any atom is 0.229 e. The summed E-state index contributed by atoms with van der Waals surface area (Å²) in [7, 11) is 0. The molecule has 1 saturated heterocycles. The first-order valence-corrected chi connectivity index (χ1v) is 5.55. The van der Waals surface area contributed by atoms with Gasteiger partial charge < -0.3 is 15.4 Å². The van der Waals surface area contributed by atoms with Crippen LogP contribution in [0.2, 0.25) is 0 Å². The number of carbonyl (C=O) groups is 1. The summed E-state index contributed by atoms with van der Waals surface area (Å²) in [6.07, 6.45) is 0. The Balaban J connectivity index is 1.73. The van der Waals surface area contributed by atoms with Gasteiger partial charge in [-0.3, -0.25) is 4.79 Å². The standard InChI is InChI=1S/C12H14N2O2/c15-12(14-8-6-16-7-8)10-5-13-11-4-2-1-3-9(10)11/h1-4,8,10,13H,5-7H2,(H,14,15). The van der Waals surface area contributed by atoms with Gasteiger partial charge in [-0.25, -0.2) is 0 Å². The van der Waals surface area contributed by atoms with Gasteiger partial charge in [-0.15, -0.1) is 0 Å². The van der Waals surface area contributed by atoms with Gasteiger partial charge >= 0.3 is 0 Å². The van der Waals surface area contributed by atoms with Crippen LogP contribution in [0.1, 0.15) is 11.5 Å². The molecule has 3 rings (SSSR count). The third-order valence-corrected chi connectivity index (χ3v) is 3.13. The number of para-hydroxylation sites is 1. The fourth-order valence-electron chi connectivity index (χ4n) is 2.14. The second kappa shape index (κ2) is 3.79. The van der Waals surface area contributed by atoms with E-state index in [1.54, 1.807) is 0 Å². The van der Waals surface area contributed by atoms with Crippen molar-refractivity contribution in [3.05, 3.63) is 29.8 Å². The SMILES string of the molecule is O=C(NC1COC1)C1CNc2ccccc21. The first-order chi connectivity index (χ1) is 7.84. The molecule has 1 atom stereocenters. The molecule has 2 N–H and O–H groups in total. The van der Waals surface area contributed by atoms with Gasteiger partial charge in [-0.1, -0.05) is 18.2 Å². The van der Waals surface area contributed by atoms with Crippen molar-refractivity contribution in [1.29, 1.82) is 0 Å². The molecule has 0 saturated carbocycles. The van der Waals surface area contributed by atoms with Crippen molar-refractivity contribution < 1.29 is 9.53 Å². The number of carbonyl (C=O) groups excluding carboxylic acids is 1. The average Bonchev–Trinajstić information content (AvgIpc) is 2.67. The normalized spacial score (nSPS) is 23.1. The fourth-order valence-corrected chi connectivity index (χ4v) is 2.14. The molecule has 2 aliphatic heterocycles. The summed E-state index contributed by atoms with van der Waals surface area (Å²) in [5.74, 6) is 0.0440. The van der Waals surface area contributed by atoms with Crippen LogP contribution in [0.3, 0.4) is 0 Å². The highest BCUT2D eigenvalue weighted by molar-refractivity contribution is 5.88. The molecule has 1 aromatic rings. The monoisotopic (exact) mass is 218 g/mol. The Morgan fingerprint density at radius 2 is 2.19 bits per heavy atom. The highest BCUT2D eigenvalue weighted by Crippen LogP contribution is 2.31. The van der Waals surface area contributed by atoms with Crippen LogP contribution in [0.25, 0.3) is 0 Å².